The first-order valence-corrected chi connectivity index (χ1v) is 10.3. The summed E-state index contributed by atoms with van der Waals surface area (Å²) in [6, 6.07) is 12.8. The largest absolute Gasteiger partial charge is 0.383 e. The van der Waals surface area contributed by atoms with Crippen molar-refractivity contribution in [1.82, 2.24) is 15.1 Å². The normalized spacial score (nSPS) is 13.3. The Hall–Kier alpha value is -3.12. The summed E-state index contributed by atoms with van der Waals surface area (Å²) in [5.41, 5.74) is 9.68. The number of hydrogen-bond donors (Lipinski definition) is 2. The molecule has 1 fully saturated rings. The van der Waals surface area contributed by atoms with Crippen LogP contribution in [0, 0.1) is 12.8 Å². The van der Waals surface area contributed by atoms with E-state index in [4.69, 9.17) is 17.3 Å². The van der Waals surface area contributed by atoms with Crippen LogP contribution in [-0.4, -0.2) is 21.5 Å². The van der Waals surface area contributed by atoms with E-state index < -0.39 is 0 Å². The number of halogens is 1. The van der Waals surface area contributed by atoms with E-state index in [2.05, 4.69) is 10.4 Å². The number of rotatable bonds is 7. The number of nitrogen functional groups attached to an aromatic ring is 1. The standard InChI is InChI=1S/C23H23ClN4O2/c1-14-5-8-17(21(29)10-15-6-7-15)11-20(14)28-22(25)19(13-27-28)23(30)26-12-16-3-2-4-18(24)9-16/h2-5,8-9,11,13,15H,6-7,10,12,25H2,1H3,(H,26,30). The van der Waals surface area contributed by atoms with Crippen LogP contribution >= 0.6 is 11.6 Å². The van der Waals surface area contributed by atoms with Crippen LogP contribution in [0.25, 0.3) is 5.69 Å². The molecule has 0 spiro atoms. The molecule has 0 saturated heterocycles. The minimum Gasteiger partial charge on any atom is -0.383 e. The number of aromatic nitrogens is 2. The first-order chi connectivity index (χ1) is 14.4. The Morgan fingerprint density at radius 3 is 2.77 bits per heavy atom. The lowest BCUT2D eigenvalue weighted by atomic mass is 10.0. The molecule has 1 heterocycles. The van der Waals surface area contributed by atoms with Gasteiger partial charge >= 0.3 is 0 Å². The summed E-state index contributed by atoms with van der Waals surface area (Å²) in [5, 5.41) is 7.76. The lowest BCUT2D eigenvalue weighted by molar-refractivity contribution is 0.0949. The predicted molar refractivity (Wildman–Crippen MR) is 117 cm³/mol. The zero-order valence-corrected chi connectivity index (χ0v) is 17.4. The number of hydrogen-bond acceptors (Lipinski definition) is 4. The van der Waals surface area contributed by atoms with Crippen LogP contribution in [-0.2, 0) is 6.54 Å². The van der Waals surface area contributed by atoms with Crippen molar-refractivity contribution in [1.29, 1.82) is 0 Å². The molecule has 3 N–H and O–H groups in total. The Balaban J connectivity index is 1.53. The molecule has 4 rings (SSSR count). The van der Waals surface area contributed by atoms with Crippen molar-refractivity contribution < 1.29 is 9.59 Å². The highest BCUT2D eigenvalue weighted by atomic mass is 35.5. The quantitative estimate of drug-likeness (QED) is 0.554. The van der Waals surface area contributed by atoms with E-state index in [9.17, 15) is 9.59 Å². The summed E-state index contributed by atoms with van der Waals surface area (Å²) in [6.45, 7) is 2.25. The Kier molecular flexibility index (Phi) is 5.59. The Morgan fingerprint density at radius 1 is 1.23 bits per heavy atom. The fourth-order valence-electron chi connectivity index (χ4n) is 3.36. The highest BCUT2D eigenvalue weighted by Crippen LogP contribution is 2.34. The Labute approximate surface area is 180 Å². The van der Waals surface area contributed by atoms with Crippen molar-refractivity contribution in [2.24, 2.45) is 5.92 Å². The molecule has 1 aliphatic rings. The van der Waals surface area contributed by atoms with Gasteiger partial charge in [0.25, 0.3) is 5.91 Å². The number of carbonyl (C=O) groups excluding carboxylic acids is 2. The van der Waals surface area contributed by atoms with Gasteiger partial charge in [0.1, 0.15) is 11.4 Å². The highest BCUT2D eigenvalue weighted by Gasteiger charge is 2.25. The molecular weight excluding hydrogens is 400 g/mol. The van der Waals surface area contributed by atoms with Gasteiger partial charge in [0.05, 0.1) is 11.9 Å². The third-order valence-corrected chi connectivity index (χ3v) is 5.56. The molecule has 0 radical (unpaired) electrons. The third-order valence-electron chi connectivity index (χ3n) is 5.32. The van der Waals surface area contributed by atoms with E-state index in [1.54, 1.807) is 18.2 Å². The smallest absolute Gasteiger partial charge is 0.256 e. The molecule has 0 unspecified atom stereocenters. The molecule has 1 aliphatic carbocycles. The maximum absolute atomic E-state index is 12.6. The number of Topliss-reactive ketones (excluding diaryl/α,β-unsaturated/α-hetero) is 1. The van der Waals surface area contributed by atoms with E-state index in [0.717, 1.165) is 24.0 Å². The first-order valence-electron chi connectivity index (χ1n) is 9.92. The van der Waals surface area contributed by atoms with Crippen molar-refractivity contribution in [3.05, 3.63) is 75.9 Å². The van der Waals surface area contributed by atoms with Gasteiger partial charge in [-0.05, 0) is 55.0 Å². The summed E-state index contributed by atoms with van der Waals surface area (Å²) in [5.74, 6) is 0.557. The van der Waals surface area contributed by atoms with Gasteiger partial charge in [-0.25, -0.2) is 4.68 Å². The summed E-state index contributed by atoms with van der Waals surface area (Å²) in [4.78, 5) is 25.1. The van der Waals surface area contributed by atoms with Gasteiger partial charge in [-0.3, -0.25) is 9.59 Å². The second kappa shape index (κ2) is 8.32. The minimum absolute atomic E-state index is 0.129. The molecule has 7 heteroatoms. The van der Waals surface area contributed by atoms with Gasteiger partial charge in [0.15, 0.2) is 5.78 Å². The molecular formula is C23H23ClN4O2. The Morgan fingerprint density at radius 2 is 2.03 bits per heavy atom. The van der Waals surface area contributed by atoms with Crippen LogP contribution in [0.2, 0.25) is 5.02 Å². The monoisotopic (exact) mass is 422 g/mol. The van der Waals surface area contributed by atoms with Crippen LogP contribution in [0.1, 0.15) is 51.1 Å². The second-order valence-electron chi connectivity index (χ2n) is 7.74. The molecule has 2 aromatic carbocycles. The van der Waals surface area contributed by atoms with Crippen LogP contribution in [0.15, 0.2) is 48.7 Å². The molecule has 0 aliphatic heterocycles. The van der Waals surface area contributed by atoms with E-state index in [0.29, 0.717) is 35.2 Å². The number of amides is 1. The average Bonchev–Trinajstić information content (AvgIpc) is 3.46. The maximum Gasteiger partial charge on any atom is 0.256 e. The van der Waals surface area contributed by atoms with Gasteiger partial charge < -0.3 is 11.1 Å². The lowest BCUT2D eigenvalue weighted by Crippen LogP contribution is -2.23. The van der Waals surface area contributed by atoms with Crippen molar-refractivity contribution in [2.45, 2.75) is 32.7 Å². The van der Waals surface area contributed by atoms with Gasteiger partial charge in [0, 0.05) is 23.6 Å². The van der Waals surface area contributed by atoms with Crippen molar-refractivity contribution in [3.63, 3.8) is 0 Å². The number of nitrogens with one attached hydrogen (secondary N) is 1. The molecule has 0 bridgehead atoms. The topological polar surface area (TPSA) is 90.0 Å². The fourth-order valence-corrected chi connectivity index (χ4v) is 3.58. The third kappa shape index (κ3) is 4.39. The van der Waals surface area contributed by atoms with Crippen LogP contribution in [0.4, 0.5) is 5.82 Å². The molecule has 0 atom stereocenters. The maximum atomic E-state index is 12.6. The molecule has 6 nitrogen and oxygen atoms in total. The molecule has 1 amide bonds. The van der Waals surface area contributed by atoms with Crippen LogP contribution in [0.3, 0.4) is 0 Å². The number of aryl methyl sites for hydroxylation is 1. The molecule has 1 aromatic heterocycles. The Bertz CT molecular complexity index is 1120. The van der Waals surface area contributed by atoms with Crippen molar-refractivity contribution >= 4 is 29.1 Å². The van der Waals surface area contributed by atoms with Crippen LogP contribution in [0.5, 0.6) is 0 Å². The van der Waals surface area contributed by atoms with E-state index in [1.165, 1.54) is 10.9 Å². The van der Waals surface area contributed by atoms with E-state index in [-0.39, 0.29) is 23.1 Å². The summed E-state index contributed by atoms with van der Waals surface area (Å²) in [7, 11) is 0. The summed E-state index contributed by atoms with van der Waals surface area (Å²) < 4.78 is 1.51. The number of ketones is 1. The average molecular weight is 423 g/mol. The lowest BCUT2D eigenvalue weighted by Gasteiger charge is -2.11. The van der Waals surface area contributed by atoms with Gasteiger partial charge in [-0.2, -0.15) is 5.10 Å². The number of nitrogens with zero attached hydrogens (tertiary/aromatic N) is 2. The highest BCUT2D eigenvalue weighted by molar-refractivity contribution is 6.30. The predicted octanol–water partition coefficient (Wildman–Crippen LogP) is 4.33. The zero-order valence-electron chi connectivity index (χ0n) is 16.7. The van der Waals surface area contributed by atoms with Gasteiger partial charge in [0.2, 0.25) is 0 Å². The van der Waals surface area contributed by atoms with E-state index in [1.807, 2.05) is 31.2 Å². The number of nitrogens with two attached hydrogens (primary N) is 1. The molecule has 1 saturated carbocycles. The molecule has 154 valence electrons. The van der Waals surface area contributed by atoms with Crippen LogP contribution < -0.4 is 11.1 Å². The SMILES string of the molecule is Cc1ccc(C(=O)CC2CC2)cc1-n1ncc(C(=O)NCc2cccc(Cl)c2)c1N. The van der Waals surface area contributed by atoms with Gasteiger partial charge in [-0.1, -0.05) is 35.9 Å². The summed E-state index contributed by atoms with van der Waals surface area (Å²) >= 11 is 5.98. The zero-order chi connectivity index (χ0) is 21.3. The van der Waals surface area contributed by atoms with Crippen molar-refractivity contribution in [2.75, 3.05) is 5.73 Å². The second-order valence-corrected chi connectivity index (χ2v) is 8.18. The first kappa shape index (κ1) is 20.2. The number of benzene rings is 2. The number of anilines is 1. The minimum atomic E-state index is -0.322. The van der Waals surface area contributed by atoms with Gasteiger partial charge in [-0.15, -0.1) is 0 Å². The number of carbonyl (C=O) groups is 2. The van der Waals surface area contributed by atoms with E-state index >= 15 is 0 Å². The molecule has 30 heavy (non-hydrogen) atoms. The molecule has 3 aromatic rings. The van der Waals surface area contributed by atoms with Crippen molar-refractivity contribution in [3.8, 4) is 5.69 Å². The fraction of sp³-hybridized carbons (Fsp3) is 0.261. The summed E-state index contributed by atoms with van der Waals surface area (Å²) in [6.07, 6.45) is 4.28.